The third-order valence-corrected chi connectivity index (χ3v) is 5.42. The molecule has 1 aromatic rings. The molecule has 0 amide bonds. The van der Waals surface area contributed by atoms with E-state index in [9.17, 15) is 0 Å². The first kappa shape index (κ1) is 10.9. The second-order valence-electron chi connectivity index (χ2n) is 3.22. The molecule has 4 heteroatoms. The molecule has 1 aliphatic heterocycles. The molecule has 0 aliphatic carbocycles. The number of aliphatic imine (C=N–C) groups is 1. The second-order valence-corrected chi connectivity index (χ2v) is 5.58. The molecular formula is C11H13NOS2. The number of rotatable bonds is 3. The summed E-state index contributed by atoms with van der Waals surface area (Å²) in [6.07, 6.45) is 6.24. The minimum Gasteiger partial charge on any atom is -0.497 e. The van der Waals surface area contributed by atoms with Crippen LogP contribution in [-0.2, 0) is 4.08 Å². The molecule has 0 spiro atoms. The second kappa shape index (κ2) is 4.10. The molecule has 0 bridgehead atoms. The fraction of sp³-hybridized carbons (Fsp3) is 0.364. The molecule has 1 aromatic carbocycles. The van der Waals surface area contributed by atoms with Crippen molar-refractivity contribution in [1.29, 1.82) is 0 Å². The van der Waals surface area contributed by atoms with E-state index in [0.29, 0.717) is 0 Å². The van der Waals surface area contributed by atoms with Crippen molar-refractivity contribution in [3.05, 3.63) is 23.8 Å². The van der Waals surface area contributed by atoms with Gasteiger partial charge >= 0.3 is 0 Å². The maximum atomic E-state index is 5.25. The fourth-order valence-electron chi connectivity index (χ4n) is 1.67. The summed E-state index contributed by atoms with van der Waals surface area (Å²) in [7, 11) is 1.69. The van der Waals surface area contributed by atoms with Crippen molar-refractivity contribution < 1.29 is 4.74 Å². The van der Waals surface area contributed by atoms with Gasteiger partial charge in [-0.1, -0.05) is 0 Å². The molecule has 0 saturated carbocycles. The Morgan fingerprint density at radius 3 is 2.60 bits per heavy atom. The van der Waals surface area contributed by atoms with Crippen molar-refractivity contribution in [2.45, 2.75) is 4.08 Å². The zero-order valence-electron chi connectivity index (χ0n) is 8.98. The Kier molecular flexibility index (Phi) is 2.98. The van der Waals surface area contributed by atoms with Gasteiger partial charge in [-0.25, -0.2) is 0 Å². The van der Waals surface area contributed by atoms with E-state index < -0.39 is 0 Å². The van der Waals surface area contributed by atoms with Crippen LogP contribution in [-0.4, -0.2) is 25.8 Å². The molecule has 2 nitrogen and oxygen atoms in total. The van der Waals surface area contributed by atoms with Crippen LogP contribution in [0.4, 0.5) is 5.69 Å². The van der Waals surface area contributed by atoms with Crippen molar-refractivity contribution in [2.75, 3.05) is 19.6 Å². The Hall–Kier alpha value is -0.610. The van der Waals surface area contributed by atoms with Crippen LogP contribution in [0.5, 0.6) is 5.75 Å². The summed E-state index contributed by atoms with van der Waals surface area (Å²) in [6.45, 7) is 0. The highest BCUT2D eigenvalue weighted by Crippen LogP contribution is 2.50. The van der Waals surface area contributed by atoms with Crippen molar-refractivity contribution >= 4 is 35.4 Å². The van der Waals surface area contributed by atoms with Gasteiger partial charge in [0.15, 0.2) is 0 Å². The average molecular weight is 239 g/mol. The summed E-state index contributed by atoms with van der Waals surface area (Å²) in [6, 6.07) is 6.04. The molecule has 0 unspecified atom stereocenters. The van der Waals surface area contributed by atoms with Crippen molar-refractivity contribution in [3.8, 4) is 5.75 Å². The predicted octanol–water partition coefficient (Wildman–Crippen LogP) is 3.29. The monoisotopic (exact) mass is 239 g/mol. The number of hydrogen-bond donors (Lipinski definition) is 0. The van der Waals surface area contributed by atoms with Gasteiger partial charge in [-0.3, -0.25) is 4.99 Å². The Morgan fingerprint density at radius 1 is 1.27 bits per heavy atom. The SMILES string of the molecule is COc1ccc2c(c1)C(SC)(SC)C=N2. The van der Waals surface area contributed by atoms with Crippen molar-refractivity contribution in [3.63, 3.8) is 0 Å². The molecule has 0 atom stereocenters. The number of thioether (sulfide) groups is 2. The van der Waals surface area contributed by atoms with Gasteiger partial charge in [-0.05, 0) is 30.7 Å². The summed E-state index contributed by atoms with van der Waals surface area (Å²) in [5.74, 6) is 0.895. The van der Waals surface area contributed by atoms with E-state index in [1.165, 1.54) is 5.56 Å². The number of ether oxygens (including phenoxy) is 1. The van der Waals surface area contributed by atoms with E-state index in [0.717, 1.165) is 11.4 Å². The minimum absolute atomic E-state index is 0.0378. The highest BCUT2D eigenvalue weighted by atomic mass is 32.2. The minimum atomic E-state index is -0.0378. The van der Waals surface area contributed by atoms with E-state index in [1.54, 1.807) is 30.6 Å². The van der Waals surface area contributed by atoms with Crippen LogP contribution < -0.4 is 4.74 Å². The molecule has 0 aromatic heterocycles. The normalized spacial score (nSPS) is 16.5. The molecule has 0 N–H and O–H groups in total. The van der Waals surface area contributed by atoms with E-state index >= 15 is 0 Å². The summed E-state index contributed by atoms with van der Waals surface area (Å²) in [4.78, 5) is 4.45. The van der Waals surface area contributed by atoms with Gasteiger partial charge in [-0.2, -0.15) is 0 Å². The predicted molar refractivity (Wildman–Crippen MR) is 69.9 cm³/mol. The van der Waals surface area contributed by atoms with Crippen LogP contribution in [0.2, 0.25) is 0 Å². The Morgan fingerprint density at radius 2 is 2.00 bits per heavy atom. The molecule has 0 fully saturated rings. The lowest BCUT2D eigenvalue weighted by Crippen LogP contribution is -2.14. The molecule has 0 radical (unpaired) electrons. The number of methoxy groups -OCH3 is 1. The molecule has 1 aliphatic rings. The van der Waals surface area contributed by atoms with Crippen molar-refractivity contribution in [1.82, 2.24) is 0 Å². The number of nitrogens with zero attached hydrogens (tertiary/aromatic N) is 1. The topological polar surface area (TPSA) is 21.6 Å². The van der Waals surface area contributed by atoms with Gasteiger partial charge in [0.25, 0.3) is 0 Å². The molecule has 15 heavy (non-hydrogen) atoms. The lowest BCUT2D eigenvalue weighted by atomic mass is 10.1. The largest absolute Gasteiger partial charge is 0.497 e. The Bertz CT molecular complexity index is 400. The quantitative estimate of drug-likeness (QED) is 0.755. The summed E-state index contributed by atoms with van der Waals surface area (Å²) < 4.78 is 5.21. The van der Waals surface area contributed by atoms with Crippen LogP contribution in [0, 0.1) is 0 Å². The zero-order valence-corrected chi connectivity index (χ0v) is 10.6. The third kappa shape index (κ3) is 1.66. The average Bonchev–Trinajstić information content (AvgIpc) is 2.67. The highest BCUT2D eigenvalue weighted by molar-refractivity contribution is 8.17. The van der Waals surface area contributed by atoms with E-state index in [2.05, 4.69) is 23.6 Å². The van der Waals surface area contributed by atoms with Gasteiger partial charge in [0.2, 0.25) is 0 Å². The highest BCUT2D eigenvalue weighted by Gasteiger charge is 2.35. The summed E-state index contributed by atoms with van der Waals surface area (Å²) in [5.41, 5.74) is 2.29. The first-order chi connectivity index (χ1) is 7.25. The molecule has 2 rings (SSSR count). The van der Waals surface area contributed by atoms with Crippen LogP contribution in [0.3, 0.4) is 0 Å². The smallest absolute Gasteiger partial charge is 0.123 e. The number of hydrogen-bond acceptors (Lipinski definition) is 4. The molecule has 0 saturated heterocycles. The zero-order chi connectivity index (χ0) is 10.9. The van der Waals surface area contributed by atoms with Crippen LogP contribution in [0.25, 0.3) is 0 Å². The van der Waals surface area contributed by atoms with Crippen LogP contribution >= 0.6 is 23.5 Å². The number of fused-ring (bicyclic) bond motifs is 1. The van der Waals surface area contributed by atoms with E-state index in [1.807, 2.05) is 18.3 Å². The lowest BCUT2D eigenvalue weighted by Gasteiger charge is -2.23. The standard InChI is InChI=1S/C11H13NOS2/c1-13-8-4-5-10-9(6-8)11(14-2,15-3)7-12-10/h4-7H,1-3H3. The first-order valence-electron chi connectivity index (χ1n) is 4.60. The van der Waals surface area contributed by atoms with Gasteiger partial charge in [0.1, 0.15) is 9.83 Å². The molecular weight excluding hydrogens is 226 g/mol. The van der Waals surface area contributed by atoms with E-state index in [4.69, 9.17) is 4.74 Å². The van der Waals surface area contributed by atoms with Gasteiger partial charge in [0, 0.05) is 11.8 Å². The molecule has 80 valence electrons. The summed E-state index contributed by atoms with van der Waals surface area (Å²) in [5, 5.41) is 0. The van der Waals surface area contributed by atoms with Gasteiger partial charge in [0.05, 0.1) is 12.8 Å². The van der Waals surface area contributed by atoms with Crippen molar-refractivity contribution in [2.24, 2.45) is 4.99 Å². The Balaban J connectivity index is 2.51. The lowest BCUT2D eigenvalue weighted by molar-refractivity contribution is 0.414. The maximum absolute atomic E-state index is 5.25. The van der Waals surface area contributed by atoms with E-state index in [-0.39, 0.29) is 4.08 Å². The van der Waals surface area contributed by atoms with Crippen LogP contribution in [0.1, 0.15) is 5.56 Å². The summed E-state index contributed by atoms with van der Waals surface area (Å²) >= 11 is 3.60. The van der Waals surface area contributed by atoms with Gasteiger partial charge in [-0.15, -0.1) is 23.5 Å². The third-order valence-electron chi connectivity index (χ3n) is 2.56. The Labute approximate surface area is 98.5 Å². The van der Waals surface area contributed by atoms with Crippen LogP contribution in [0.15, 0.2) is 23.2 Å². The maximum Gasteiger partial charge on any atom is 0.123 e. The first-order valence-corrected chi connectivity index (χ1v) is 7.05. The molecule has 1 heterocycles. The number of benzene rings is 1. The fourth-order valence-corrected chi connectivity index (χ4v) is 3.42. The van der Waals surface area contributed by atoms with Gasteiger partial charge < -0.3 is 4.74 Å².